The van der Waals surface area contributed by atoms with E-state index in [-0.39, 0.29) is 10.4 Å². The summed E-state index contributed by atoms with van der Waals surface area (Å²) in [5, 5.41) is 9.06. The lowest BCUT2D eigenvalue weighted by Crippen LogP contribution is -2.28. The van der Waals surface area contributed by atoms with Gasteiger partial charge in [-0.15, -0.1) is 11.3 Å². The number of sulfonamides is 1. The summed E-state index contributed by atoms with van der Waals surface area (Å²) >= 11 is 3.03. The molecule has 1 unspecified atom stereocenters. The molecule has 4 N–H and O–H groups in total. The first-order valence-corrected chi connectivity index (χ1v) is 11.4. The number of rotatable bonds is 5. The maximum atomic E-state index is 12.1. The highest BCUT2D eigenvalue weighted by molar-refractivity contribution is 8.09. The molecule has 11 heteroatoms. The normalized spacial score (nSPS) is 16.4. The van der Waals surface area contributed by atoms with E-state index in [1.807, 2.05) is 12.3 Å². The standard InChI is InChI=1S/C15H19N5O2S3.C2H4O/c1-9-13(24-14(16)17-9)12-8-23-15(19-12)18-10-4-6-11(7-5-10)25(21,22)20(2)3;1-2-3/h4-8,14,17H,16H2,1-3H3,(H,18,19);2H,1H3. The Bertz CT molecular complexity index is 953. The summed E-state index contributed by atoms with van der Waals surface area (Å²) in [6.07, 6.45) is 0.750. The minimum absolute atomic E-state index is 0.140. The third kappa shape index (κ3) is 5.32. The molecule has 1 aromatic carbocycles. The van der Waals surface area contributed by atoms with Gasteiger partial charge in [-0.2, -0.15) is 0 Å². The number of nitrogens with two attached hydrogens (primary N) is 1. The highest BCUT2D eigenvalue weighted by atomic mass is 32.2. The van der Waals surface area contributed by atoms with Gasteiger partial charge in [0.05, 0.1) is 15.5 Å². The number of hydrogen-bond donors (Lipinski definition) is 3. The molecule has 0 bridgehead atoms. The molecule has 28 heavy (non-hydrogen) atoms. The SMILES string of the molecule is CC1=C(c2csc(Nc3ccc(S(=O)(=O)N(C)C)cc3)n2)SC(N)N1.CC=O. The molecule has 8 nitrogen and oxygen atoms in total. The van der Waals surface area contributed by atoms with E-state index >= 15 is 0 Å². The predicted octanol–water partition coefficient (Wildman–Crippen LogP) is 2.61. The highest BCUT2D eigenvalue weighted by Crippen LogP contribution is 2.37. The number of hydrogen-bond acceptors (Lipinski definition) is 9. The van der Waals surface area contributed by atoms with Crippen molar-refractivity contribution in [2.45, 2.75) is 24.2 Å². The van der Waals surface area contributed by atoms with Crippen LogP contribution in [0.5, 0.6) is 0 Å². The molecule has 0 amide bonds. The number of nitrogens with one attached hydrogen (secondary N) is 2. The second-order valence-electron chi connectivity index (χ2n) is 5.85. The van der Waals surface area contributed by atoms with Gasteiger partial charge in [0.1, 0.15) is 11.8 Å². The minimum atomic E-state index is -3.42. The second kappa shape index (κ2) is 9.52. The number of allylic oxidation sites excluding steroid dienone is 1. The van der Waals surface area contributed by atoms with Crippen molar-refractivity contribution >= 4 is 55.1 Å². The van der Waals surface area contributed by atoms with Crippen molar-refractivity contribution in [3.8, 4) is 0 Å². The van der Waals surface area contributed by atoms with E-state index in [1.54, 1.807) is 36.0 Å². The minimum Gasteiger partial charge on any atom is -0.364 e. The molecular weight excluding hydrogens is 418 g/mol. The molecule has 0 fully saturated rings. The zero-order valence-corrected chi connectivity index (χ0v) is 18.4. The summed E-state index contributed by atoms with van der Waals surface area (Å²) in [4.78, 5) is 14.7. The fraction of sp³-hybridized carbons (Fsp3) is 0.294. The van der Waals surface area contributed by atoms with Gasteiger partial charge < -0.3 is 21.2 Å². The Morgan fingerprint density at radius 2 is 1.89 bits per heavy atom. The van der Waals surface area contributed by atoms with Gasteiger partial charge in [0.25, 0.3) is 0 Å². The van der Waals surface area contributed by atoms with E-state index in [4.69, 9.17) is 10.5 Å². The van der Waals surface area contributed by atoms with E-state index in [1.165, 1.54) is 36.7 Å². The Hall–Kier alpha value is -1.92. The molecule has 0 aliphatic carbocycles. The first-order chi connectivity index (χ1) is 13.2. The molecule has 0 saturated heterocycles. The van der Waals surface area contributed by atoms with Gasteiger partial charge in [-0.3, -0.25) is 0 Å². The first kappa shape index (κ1) is 22.4. The fourth-order valence-electron chi connectivity index (χ4n) is 2.26. The van der Waals surface area contributed by atoms with Crippen molar-refractivity contribution < 1.29 is 13.2 Å². The number of carbonyl (C=O) groups is 1. The van der Waals surface area contributed by atoms with Crippen LogP contribution < -0.4 is 16.4 Å². The van der Waals surface area contributed by atoms with Crippen LogP contribution in [0.4, 0.5) is 10.8 Å². The van der Waals surface area contributed by atoms with Crippen LogP contribution >= 0.6 is 23.1 Å². The van der Waals surface area contributed by atoms with Gasteiger partial charge in [0.15, 0.2) is 5.13 Å². The number of thioether (sulfide) groups is 1. The van der Waals surface area contributed by atoms with Gasteiger partial charge in [0.2, 0.25) is 10.0 Å². The Labute approximate surface area is 173 Å². The third-order valence-corrected chi connectivity index (χ3v) is 7.28. The average molecular weight is 442 g/mol. The fourth-order valence-corrected chi connectivity index (χ4v) is 4.90. The monoisotopic (exact) mass is 441 g/mol. The number of nitrogens with zero attached hydrogens (tertiary/aromatic N) is 2. The van der Waals surface area contributed by atoms with Crippen LogP contribution in [0, 0.1) is 0 Å². The van der Waals surface area contributed by atoms with Gasteiger partial charge in [-0.25, -0.2) is 17.7 Å². The van der Waals surface area contributed by atoms with E-state index in [0.29, 0.717) is 0 Å². The maximum Gasteiger partial charge on any atom is 0.242 e. The van der Waals surface area contributed by atoms with Gasteiger partial charge >= 0.3 is 0 Å². The predicted molar refractivity (Wildman–Crippen MR) is 116 cm³/mol. The zero-order valence-electron chi connectivity index (χ0n) is 16.0. The Kier molecular flexibility index (Phi) is 7.61. The number of aldehydes is 1. The lowest BCUT2D eigenvalue weighted by atomic mass is 10.3. The number of carbonyl (C=O) groups excluding carboxylic acids is 1. The average Bonchev–Trinajstić information content (AvgIpc) is 3.21. The summed E-state index contributed by atoms with van der Waals surface area (Å²) in [5.74, 6) is 0. The number of benzene rings is 1. The van der Waals surface area contributed by atoms with Crippen LogP contribution in [-0.2, 0) is 14.8 Å². The molecule has 0 radical (unpaired) electrons. The molecule has 1 aliphatic rings. The van der Waals surface area contributed by atoms with Gasteiger partial charge in [-0.05, 0) is 38.1 Å². The summed E-state index contributed by atoms with van der Waals surface area (Å²) in [6, 6.07) is 6.61. The first-order valence-electron chi connectivity index (χ1n) is 8.24. The van der Waals surface area contributed by atoms with Gasteiger partial charge in [-0.1, -0.05) is 11.8 Å². The molecule has 0 spiro atoms. The Balaban J connectivity index is 0.000000878. The van der Waals surface area contributed by atoms with E-state index < -0.39 is 10.0 Å². The number of thiazole rings is 1. The summed E-state index contributed by atoms with van der Waals surface area (Å²) in [7, 11) is -0.398. The molecular formula is C17H23N5O3S3. The summed E-state index contributed by atoms with van der Waals surface area (Å²) < 4.78 is 25.4. The summed E-state index contributed by atoms with van der Waals surface area (Å²) in [6.45, 7) is 3.42. The highest BCUT2D eigenvalue weighted by Gasteiger charge is 2.22. The Morgan fingerprint density at radius 1 is 1.29 bits per heavy atom. The van der Waals surface area contributed by atoms with E-state index in [9.17, 15) is 8.42 Å². The summed E-state index contributed by atoms with van der Waals surface area (Å²) in [5.41, 5.74) is 8.41. The molecule has 152 valence electrons. The van der Waals surface area contributed by atoms with Crippen LogP contribution in [0.25, 0.3) is 4.91 Å². The van der Waals surface area contributed by atoms with Crippen molar-refractivity contribution in [1.82, 2.24) is 14.6 Å². The quantitative estimate of drug-likeness (QED) is 0.606. The van der Waals surface area contributed by atoms with Crippen molar-refractivity contribution in [1.29, 1.82) is 0 Å². The van der Waals surface area contributed by atoms with Gasteiger partial charge in [0, 0.05) is 30.9 Å². The van der Waals surface area contributed by atoms with Crippen molar-refractivity contribution in [2.75, 3.05) is 19.4 Å². The maximum absolute atomic E-state index is 12.1. The molecule has 2 heterocycles. The second-order valence-corrected chi connectivity index (χ2v) is 10.0. The van der Waals surface area contributed by atoms with Crippen LogP contribution in [-0.4, -0.2) is 43.6 Å². The third-order valence-electron chi connectivity index (χ3n) is 3.57. The molecule has 1 aliphatic heterocycles. The van der Waals surface area contributed by atoms with Crippen molar-refractivity contribution in [3.63, 3.8) is 0 Å². The molecule has 3 rings (SSSR count). The molecule has 1 aromatic heterocycles. The van der Waals surface area contributed by atoms with E-state index in [2.05, 4.69) is 15.6 Å². The van der Waals surface area contributed by atoms with E-state index in [0.717, 1.165) is 33.4 Å². The topological polar surface area (TPSA) is 117 Å². The van der Waals surface area contributed by atoms with Crippen LogP contribution in [0.3, 0.4) is 0 Å². The number of anilines is 2. The smallest absolute Gasteiger partial charge is 0.242 e. The van der Waals surface area contributed by atoms with Crippen molar-refractivity contribution in [3.05, 3.63) is 41.0 Å². The van der Waals surface area contributed by atoms with Crippen LogP contribution in [0.2, 0.25) is 0 Å². The lowest BCUT2D eigenvalue weighted by molar-refractivity contribution is -0.106. The van der Waals surface area contributed by atoms with Crippen molar-refractivity contribution in [2.24, 2.45) is 5.73 Å². The zero-order chi connectivity index (χ0) is 20.9. The molecule has 1 atom stereocenters. The number of aromatic nitrogens is 1. The largest absolute Gasteiger partial charge is 0.364 e. The molecule has 2 aromatic rings. The lowest BCUT2D eigenvalue weighted by Gasteiger charge is -2.11. The Morgan fingerprint density at radius 3 is 2.39 bits per heavy atom. The van der Waals surface area contributed by atoms with Crippen LogP contribution in [0.1, 0.15) is 19.5 Å². The van der Waals surface area contributed by atoms with Crippen LogP contribution in [0.15, 0.2) is 40.2 Å². The molecule has 0 saturated carbocycles.